The average Bonchev–Trinajstić information content (AvgIpc) is 3.77. The Hall–Kier alpha value is -3.35. The summed E-state index contributed by atoms with van der Waals surface area (Å²) in [5, 5.41) is 24.2. The second-order valence-electron chi connectivity index (χ2n) is 20.8. The van der Waals surface area contributed by atoms with Crippen molar-refractivity contribution in [2.75, 3.05) is 34.5 Å². The van der Waals surface area contributed by atoms with Gasteiger partial charge in [-0.1, -0.05) is 56.7 Å². The Labute approximate surface area is 429 Å². The third-order valence-corrected chi connectivity index (χ3v) is 18.1. The van der Waals surface area contributed by atoms with Gasteiger partial charge in [-0.3, -0.25) is 19.2 Å². The van der Waals surface area contributed by atoms with Gasteiger partial charge in [0.25, 0.3) is 11.7 Å². The van der Waals surface area contributed by atoms with E-state index in [2.05, 4.69) is 36.9 Å². The zero-order valence-electron chi connectivity index (χ0n) is 43.1. The average molecular weight is 1030 g/mol. The third-order valence-electron chi connectivity index (χ3n) is 15.4. The molecule has 2 N–H and O–H groups in total. The van der Waals surface area contributed by atoms with Crippen molar-refractivity contribution in [3.8, 4) is 0 Å². The highest BCUT2D eigenvalue weighted by Crippen LogP contribution is 2.41. The number of hydrogen-bond acceptors (Lipinski definition) is 15. The molecule has 1 aromatic carbocycles. The normalized spacial score (nSPS) is 37.3. The summed E-state index contributed by atoms with van der Waals surface area (Å²) < 4.78 is 35.8. The van der Waals surface area contributed by atoms with Crippen LogP contribution in [0.3, 0.4) is 0 Å². The zero-order valence-corrected chi connectivity index (χ0v) is 44.7. The molecule has 4 heterocycles. The maximum Gasteiger partial charge on any atom is 0.329 e. The van der Waals surface area contributed by atoms with Crippen LogP contribution in [-0.2, 0) is 58.1 Å². The molecule has 1 aliphatic carbocycles. The van der Waals surface area contributed by atoms with E-state index in [0.717, 1.165) is 41.9 Å². The Balaban J connectivity index is 1.25. The highest BCUT2D eigenvalue weighted by atomic mass is 32.2. The number of cyclic esters (lactones) is 2. The SMILES string of the molecule is C=CC[C@@H]1/C=C(\C)C[C@H](C)C[C@H](OC)[C@H]2O[C@@](O)(C(=O)C(=O)N3CCCC[C@H]3C(=O)OC(/C(C)=C/[C@@H]3CCC(SCc4ccc(SC5CCOC5=O)cc4)[C@H](OC)C3)[C@H](C)[C@@H](O)CC1=O)[C@H](C)C[C@@H]2OC. The first-order valence-electron chi connectivity index (χ1n) is 25.7. The number of aliphatic hydroxyl groups excluding tert-OH is 1. The minimum absolute atomic E-state index is 0.00224. The van der Waals surface area contributed by atoms with Gasteiger partial charge >= 0.3 is 11.9 Å². The number of hydrogen-bond donors (Lipinski definition) is 2. The summed E-state index contributed by atoms with van der Waals surface area (Å²) in [5.41, 5.74) is 2.85. The van der Waals surface area contributed by atoms with Crippen molar-refractivity contribution in [1.82, 2.24) is 4.90 Å². The number of carbonyl (C=O) groups is 5. The number of ether oxygens (including phenoxy) is 6. The number of amides is 1. The van der Waals surface area contributed by atoms with E-state index in [9.17, 15) is 34.2 Å². The van der Waals surface area contributed by atoms with Crippen molar-refractivity contribution in [2.45, 2.75) is 181 Å². The van der Waals surface area contributed by atoms with Crippen molar-refractivity contribution in [1.29, 1.82) is 0 Å². The summed E-state index contributed by atoms with van der Waals surface area (Å²) >= 11 is 3.40. The first-order chi connectivity index (χ1) is 33.9. The lowest BCUT2D eigenvalue weighted by molar-refractivity contribution is -0.302. The van der Waals surface area contributed by atoms with Crippen LogP contribution < -0.4 is 0 Å². The fraction of sp³-hybridized carbons (Fsp3) is 0.691. The lowest BCUT2D eigenvalue weighted by Crippen LogP contribution is -2.64. The zero-order chi connectivity index (χ0) is 51.6. The molecule has 4 fully saturated rings. The molecular formula is C55H79NO13S2. The first kappa shape index (κ1) is 56.9. The van der Waals surface area contributed by atoms with Crippen LogP contribution in [0, 0.1) is 29.6 Å². The third kappa shape index (κ3) is 14.3. The smallest absolute Gasteiger partial charge is 0.329 e. The van der Waals surface area contributed by atoms with Crippen LogP contribution in [0.2, 0.25) is 0 Å². The number of ketones is 2. The highest BCUT2D eigenvalue weighted by Gasteiger charge is 2.56. The number of benzene rings is 1. The lowest BCUT2D eigenvalue weighted by Gasteiger charge is -2.47. The molecule has 0 radical (unpaired) electrons. The van der Waals surface area contributed by atoms with Crippen LogP contribution in [0.4, 0.5) is 0 Å². The van der Waals surface area contributed by atoms with E-state index < -0.39 is 77.8 Å². The maximum absolute atomic E-state index is 14.6. The molecule has 4 aliphatic heterocycles. The molecule has 1 aromatic rings. The van der Waals surface area contributed by atoms with Crippen LogP contribution in [0.1, 0.15) is 117 Å². The minimum atomic E-state index is -2.52. The van der Waals surface area contributed by atoms with Gasteiger partial charge in [0.15, 0.2) is 0 Å². The van der Waals surface area contributed by atoms with Crippen LogP contribution in [0.15, 0.2) is 65.1 Å². The van der Waals surface area contributed by atoms with E-state index in [1.54, 1.807) is 38.8 Å². The number of piperidine rings is 1. The largest absolute Gasteiger partial charge is 0.465 e. The Morgan fingerprint density at radius 3 is 2.27 bits per heavy atom. The van der Waals surface area contributed by atoms with E-state index in [1.165, 1.54) is 24.7 Å². The van der Waals surface area contributed by atoms with Crippen molar-refractivity contribution in [3.63, 3.8) is 0 Å². The fourth-order valence-electron chi connectivity index (χ4n) is 11.2. The second kappa shape index (κ2) is 26.2. The summed E-state index contributed by atoms with van der Waals surface area (Å²) in [4.78, 5) is 71.8. The van der Waals surface area contributed by atoms with Crippen LogP contribution >= 0.6 is 23.5 Å². The van der Waals surface area contributed by atoms with E-state index >= 15 is 0 Å². The topological polar surface area (TPSA) is 184 Å². The van der Waals surface area contributed by atoms with E-state index in [0.29, 0.717) is 44.3 Å². The molecule has 5 aliphatic rings. The molecule has 1 amide bonds. The molecule has 0 spiro atoms. The Kier molecular flexibility index (Phi) is 21.0. The lowest BCUT2D eigenvalue weighted by atomic mass is 9.82. The molecule has 71 heavy (non-hydrogen) atoms. The number of rotatable bonds is 12. The predicted molar refractivity (Wildman–Crippen MR) is 273 cm³/mol. The van der Waals surface area contributed by atoms with Gasteiger partial charge in [-0.25, -0.2) is 4.79 Å². The molecule has 0 aromatic heterocycles. The number of thioether (sulfide) groups is 2. The van der Waals surface area contributed by atoms with Crippen molar-refractivity contribution in [3.05, 3.63) is 65.8 Å². The maximum atomic E-state index is 14.6. The molecule has 394 valence electrons. The number of carbonyl (C=O) groups excluding carboxylic acids is 5. The van der Waals surface area contributed by atoms with Crippen LogP contribution in [0.25, 0.3) is 0 Å². The van der Waals surface area contributed by atoms with Crippen molar-refractivity contribution in [2.24, 2.45) is 29.6 Å². The standard InChI is InChI=1S/C55H79NO13S2/c1-10-13-39-25-32(2)24-33(3)26-45(65-8)50-46(66-9)28-35(5)55(63,69-50)51(59)52(60)56-22-12-11-14-41(56)53(61)68-49(36(6)42(57)30-43(39)58)34(4)27-38-17-20-47(44(29-38)64-7)70-31-37-15-18-40(19-16-37)71-48-21-23-67-54(48)62/h10,15-16,18-19,25,27,33,35-36,38-39,41-42,44-50,57,63H,1,11-14,17,20-24,26,28-31H2,2-9H3/b32-25+,34-27+/t33-,35+,36+,38-,39+,41-,42-,44+,45-,46-,47?,48?,49?,50+,55+/m0/s1. The van der Waals surface area contributed by atoms with E-state index in [1.807, 2.05) is 38.6 Å². The minimum Gasteiger partial charge on any atom is -0.465 e. The summed E-state index contributed by atoms with van der Waals surface area (Å²) in [6.45, 7) is 13.8. The highest BCUT2D eigenvalue weighted by molar-refractivity contribution is 8.00. The molecule has 3 unspecified atom stereocenters. The molecule has 3 saturated heterocycles. The number of esters is 2. The van der Waals surface area contributed by atoms with Gasteiger partial charge in [-0.15, -0.1) is 18.3 Å². The number of nitrogens with zero attached hydrogens (tertiary/aromatic N) is 1. The second-order valence-corrected chi connectivity index (χ2v) is 23.3. The van der Waals surface area contributed by atoms with Gasteiger partial charge in [0.1, 0.15) is 29.3 Å². The monoisotopic (exact) mass is 1030 g/mol. The Morgan fingerprint density at radius 2 is 1.61 bits per heavy atom. The molecular weight excluding hydrogens is 947 g/mol. The van der Waals surface area contributed by atoms with E-state index in [4.69, 9.17) is 28.4 Å². The van der Waals surface area contributed by atoms with Crippen LogP contribution in [-0.4, -0.2) is 138 Å². The molecule has 16 heteroatoms. The van der Waals surface area contributed by atoms with Crippen molar-refractivity contribution < 1.29 is 62.6 Å². The number of methoxy groups -OCH3 is 3. The number of fused-ring (bicyclic) bond motifs is 3. The fourth-order valence-corrected chi connectivity index (χ4v) is 13.6. The summed E-state index contributed by atoms with van der Waals surface area (Å²) in [5.74, 6) is -7.04. The van der Waals surface area contributed by atoms with Gasteiger partial charge in [0.05, 0.1) is 31.0 Å². The first-order valence-corrected chi connectivity index (χ1v) is 27.6. The number of Topliss-reactive ketones (excluding diaryl/α,β-unsaturated/α-hetero) is 2. The van der Waals surface area contributed by atoms with Gasteiger partial charge in [0, 0.05) is 74.4 Å². The molecule has 1 saturated carbocycles. The molecule has 6 rings (SSSR count). The van der Waals surface area contributed by atoms with E-state index in [-0.39, 0.29) is 66.0 Å². The van der Waals surface area contributed by atoms with Gasteiger partial charge < -0.3 is 43.5 Å². The number of allylic oxidation sites excluding steroid dienone is 4. The Bertz CT molecular complexity index is 2080. The predicted octanol–water partition coefficient (Wildman–Crippen LogP) is 7.99. The number of aliphatic hydroxyl groups is 2. The van der Waals surface area contributed by atoms with Gasteiger partial charge in [-0.05, 0) is 113 Å². The van der Waals surface area contributed by atoms with Gasteiger partial charge in [0.2, 0.25) is 5.79 Å². The van der Waals surface area contributed by atoms with Crippen LogP contribution in [0.5, 0.6) is 0 Å². The molecule has 2 bridgehead atoms. The summed E-state index contributed by atoms with van der Waals surface area (Å²) in [7, 11) is 4.80. The Morgan fingerprint density at radius 1 is 0.901 bits per heavy atom. The quantitative estimate of drug-likeness (QED) is 0.117. The molecule has 15 atom stereocenters. The van der Waals surface area contributed by atoms with Gasteiger partial charge in [-0.2, -0.15) is 11.8 Å². The van der Waals surface area contributed by atoms with Crippen molar-refractivity contribution >= 4 is 52.9 Å². The molecule has 14 nitrogen and oxygen atoms in total. The summed E-state index contributed by atoms with van der Waals surface area (Å²) in [6.07, 6.45) is 7.36. The summed E-state index contributed by atoms with van der Waals surface area (Å²) in [6, 6.07) is 7.19.